The zero-order chi connectivity index (χ0) is 25.7. The number of anilines is 2. The minimum atomic E-state index is 0.0187. The zero-order valence-electron chi connectivity index (χ0n) is 20.9. The summed E-state index contributed by atoms with van der Waals surface area (Å²) < 4.78 is 0. The van der Waals surface area contributed by atoms with Gasteiger partial charge in [0.05, 0.1) is 0 Å². The highest BCUT2D eigenvalue weighted by Crippen LogP contribution is 2.45. The molecule has 2 aliphatic rings. The highest BCUT2D eigenvalue weighted by Gasteiger charge is 2.43. The molecule has 1 amide bonds. The molecule has 2 saturated carbocycles. The first-order chi connectivity index (χ1) is 16.3. The molecule has 0 bridgehead atoms. The fourth-order valence-electron chi connectivity index (χ4n) is 3.93. The number of hydrogen-bond acceptors (Lipinski definition) is 5. The Morgan fingerprint density at radius 3 is 2.41 bits per heavy atom. The van der Waals surface area contributed by atoms with Crippen LogP contribution < -0.4 is 16.5 Å². The summed E-state index contributed by atoms with van der Waals surface area (Å²) in [4.78, 5) is 20.7. The van der Waals surface area contributed by atoms with Gasteiger partial charge in [0.25, 0.3) is 0 Å². The molecule has 1 aromatic carbocycles. The maximum absolute atomic E-state index is 12.7. The van der Waals surface area contributed by atoms with Crippen molar-refractivity contribution in [2.24, 2.45) is 28.7 Å². The van der Waals surface area contributed by atoms with Crippen LogP contribution >= 0.6 is 0 Å². The highest BCUT2D eigenvalue weighted by atomic mass is 16.2. The third-order valence-electron chi connectivity index (χ3n) is 5.81. The van der Waals surface area contributed by atoms with Gasteiger partial charge in [-0.05, 0) is 68.7 Å². The van der Waals surface area contributed by atoms with E-state index in [0.29, 0.717) is 0 Å². The monoisotopic (exact) mass is 464 g/mol. The van der Waals surface area contributed by atoms with E-state index in [-0.39, 0.29) is 17.7 Å². The van der Waals surface area contributed by atoms with Crippen molar-refractivity contribution < 1.29 is 9.59 Å². The van der Waals surface area contributed by atoms with Crippen LogP contribution in [0.25, 0.3) is 5.57 Å². The Bertz CT molecular complexity index is 929. The Balaban J connectivity index is 0.00000107. The predicted octanol–water partition coefficient (Wildman–Crippen LogP) is 5.88. The summed E-state index contributed by atoms with van der Waals surface area (Å²) in [7, 11) is 0. The lowest BCUT2D eigenvalue weighted by molar-refractivity contribution is -0.117. The molecule has 2 atom stereocenters. The molecule has 0 heterocycles. The third-order valence-corrected chi connectivity index (χ3v) is 5.81. The average Bonchev–Trinajstić information content (AvgIpc) is 3.69. The molecule has 4 N–H and O–H groups in total. The maximum atomic E-state index is 12.7. The first kappa shape index (κ1) is 28.6. The van der Waals surface area contributed by atoms with Gasteiger partial charge in [-0.3, -0.25) is 4.79 Å². The second-order valence-corrected chi connectivity index (χ2v) is 8.74. The van der Waals surface area contributed by atoms with Gasteiger partial charge in [-0.2, -0.15) is 5.10 Å². The van der Waals surface area contributed by atoms with Crippen LogP contribution in [-0.2, 0) is 9.59 Å². The van der Waals surface area contributed by atoms with E-state index in [0.717, 1.165) is 52.5 Å². The van der Waals surface area contributed by atoms with E-state index in [1.54, 1.807) is 0 Å². The summed E-state index contributed by atoms with van der Waals surface area (Å²) in [6.07, 6.45) is 12.8. The van der Waals surface area contributed by atoms with Gasteiger partial charge in [0.2, 0.25) is 5.91 Å². The van der Waals surface area contributed by atoms with Crippen molar-refractivity contribution in [2.45, 2.75) is 46.5 Å². The molecule has 0 spiro atoms. The Kier molecular flexibility index (Phi) is 12.4. The molecule has 0 saturated heterocycles. The number of carbonyl (C=O) groups excluding carboxylic acids is 2. The fraction of sp³-hybridized carbons (Fsp3) is 0.393. The quantitative estimate of drug-likeness (QED) is 0.174. The molecule has 1 aromatic rings. The van der Waals surface area contributed by atoms with Crippen molar-refractivity contribution in [3.8, 4) is 0 Å². The maximum Gasteiger partial charge on any atom is 0.228 e. The molecule has 2 aliphatic carbocycles. The second-order valence-electron chi connectivity index (χ2n) is 8.74. The molecule has 184 valence electrons. The smallest absolute Gasteiger partial charge is 0.228 e. The topological polar surface area (TPSA) is 96.6 Å². The highest BCUT2D eigenvalue weighted by molar-refractivity contribution is 5.96. The molecule has 3 rings (SSSR count). The number of carbonyl (C=O) groups is 2. The van der Waals surface area contributed by atoms with Gasteiger partial charge in [0, 0.05) is 36.1 Å². The number of nitrogens with one attached hydrogen (secondary N) is 2. The summed E-state index contributed by atoms with van der Waals surface area (Å²) in [5, 5.41) is 9.46. The number of amides is 1. The second kappa shape index (κ2) is 14.7. The zero-order valence-corrected chi connectivity index (χ0v) is 20.9. The van der Waals surface area contributed by atoms with Crippen molar-refractivity contribution in [1.29, 1.82) is 0 Å². The predicted molar refractivity (Wildman–Crippen MR) is 146 cm³/mol. The largest absolute Gasteiger partial charge is 0.384 e. The van der Waals surface area contributed by atoms with Crippen LogP contribution in [0.15, 0.2) is 60.3 Å². The molecule has 34 heavy (non-hydrogen) atoms. The Hall–Kier alpha value is -3.41. The van der Waals surface area contributed by atoms with Crippen molar-refractivity contribution in [2.75, 3.05) is 17.2 Å². The van der Waals surface area contributed by atoms with E-state index in [4.69, 9.17) is 4.79 Å². The van der Waals surface area contributed by atoms with Crippen LogP contribution in [0.3, 0.4) is 0 Å². The van der Waals surface area contributed by atoms with E-state index in [1.165, 1.54) is 19.3 Å². The van der Waals surface area contributed by atoms with Gasteiger partial charge in [-0.1, -0.05) is 55.9 Å². The summed E-state index contributed by atoms with van der Waals surface area (Å²) in [6.45, 7) is 20.2. The Morgan fingerprint density at radius 1 is 1.21 bits per heavy atom. The van der Waals surface area contributed by atoms with Crippen molar-refractivity contribution in [3.63, 3.8) is 0 Å². The molecule has 6 nitrogen and oxygen atoms in total. The minimum Gasteiger partial charge on any atom is -0.384 e. The third kappa shape index (κ3) is 9.22. The number of allylic oxidation sites excluding steroid dienone is 6. The molecule has 6 heteroatoms. The van der Waals surface area contributed by atoms with Gasteiger partial charge >= 0.3 is 0 Å². The van der Waals surface area contributed by atoms with Crippen LogP contribution in [0.4, 0.5) is 11.4 Å². The van der Waals surface area contributed by atoms with Gasteiger partial charge in [0.1, 0.15) is 6.79 Å². The van der Waals surface area contributed by atoms with E-state index >= 15 is 0 Å². The van der Waals surface area contributed by atoms with Crippen LogP contribution in [0.5, 0.6) is 0 Å². The van der Waals surface area contributed by atoms with Crippen LogP contribution in [0.2, 0.25) is 0 Å². The SMILES string of the molecule is C=C(C)c1c(C)cc(NC(=O)C2CC2C(=C)/C=C\C=C/C)cc1NCCC1CC1.C=NN.C=O. The first-order valence-electron chi connectivity index (χ1n) is 11.6. The standard InChI is InChI=1S/C26H34N2O.CH4N2.CH2O/c1-6-7-8-9-18(4)22-16-23(22)26(29)28-21-14-19(5)25(17(2)3)24(15-21)27-13-12-20-10-11-20;1-3-2;1-2/h6-9,14-15,20,22-23,27H,2,4,10-13,16H2,1,3,5H3,(H,28,29);1-2H2;1H2/b7-6-,9-8-;;. The van der Waals surface area contributed by atoms with Crippen LogP contribution in [0, 0.1) is 24.7 Å². The molecular weight excluding hydrogens is 424 g/mol. The van der Waals surface area contributed by atoms with Gasteiger partial charge in [0.15, 0.2) is 0 Å². The first-order valence-corrected chi connectivity index (χ1v) is 11.6. The molecule has 0 aromatic heterocycles. The van der Waals surface area contributed by atoms with Gasteiger partial charge < -0.3 is 21.3 Å². The lowest BCUT2D eigenvalue weighted by Gasteiger charge is -2.17. The summed E-state index contributed by atoms with van der Waals surface area (Å²) in [6, 6.07) is 4.10. The van der Waals surface area contributed by atoms with E-state index in [1.807, 2.05) is 51.0 Å². The lowest BCUT2D eigenvalue weighted by atomic mass is 9.99. The molecule has 2 unspecified atom stereocenters. The fourth-order valence-corrected chi connectivity index (χ4v) is 3.93. The Morgan fingerprint density at radius 2 is 1.85 bits per heavy atom. The summed E-state index contributed by atoms with van der Waals surface area (Å²) >= 11 is 0. The lowest BCUT2D eigenvalue weighted by Crippen LogP contribution is -2.16. The number of rotatable bonds is 10. The number of hydrazone groups is 1. The van der Waals surface area contributed by atoms with Gasteiger partial charge in [-0.25, -0.2) is 0 Å². The normalized spacial score (nSPS) is 18.2. The van der Waals surface area contributed by atoms with Crippen LogP contribution in [0.1, 0.15) is 50.7 Å². The molecule has 0 aliphatic heterocycles. The number of nitrogens with zero attached hydrogens (tertiary/aromatic N) is 1. The van der Waals surface area contributed by atoms with Crippen molar-refractivity contribution >= 4 is 36.4 Å². The van der Waals surface area contributed by atoms with E-state index in [9.17, 15) is 4.79 Å². The Labute approximate surface area is 204 Å². The molecular formula is C28H40N4O2. The summed E-state index contributed by atoms with van der Waals surface area (Å²) in [5.41, 5.74) is 6.28. The van der Waals surface area contributed by atoms with Gasteiger partial charge in [-0.15, -0.1) is 0 Å². The number of nitrogens with two attached hydrogens (primary N) is 1. The van der Waals surface area contributed by atoms with Crippen molar-refractivity contribution in [3.05, 3.63) is 66.3 Å². The van der Waals surface area contributed by atoms with E-state index in [2.05, 4.69) is 54.4 Å². The number of hydrogen-bond donors (Lipinski definition) is 3. The summed E-state index contributed by atoms with van der Waals surface area (Å²) in [5.74, 6) is 5.61. The molecule has 0 radical (unpaired) electrons. The van der Waals surface area contributed by atoms with Crippen molar-refractivity contribution in [1.82, 2.24) is 0 Å². The molecule has 2 fully saturated rings. The average molecular weight is 465 g/mol. The van der Waals surface area contributed by atoms with Crippen LogP contribution in [-0.4, -0.2) is 26.0 Å². The number of benzene rings is 1. The minimum absolute atomic E-state index is 0.0187. The number of aryl methyl sites for hydroxylation is 1. The van der Waals surface area contributed by atoms with E-state index < -0.39 is 0 Å².